The number of allylic oxidation sites excluding steroid dienone is 1. The standard InChI is InChI=1S/C32H38N2O4/c1-5-6-7-8-28(35)19-29(36)10-9-25-18-31(38-4)30(37)17-26(25)15-24-16-27(32(33)34-20-24)14-23-12-21(2)11-22(3)13-23/h9-13,16-18,20,37H,5-8,14-15,19H2,1-4H3,(H2,33,34). The number of nitrogens with two attached hydrogens (primary N) is 1. The Labute approximate surface area is 225 Å². The zero-order chi connectivity index (χ0) is 27.7. The molecule has 6 heteroatoms. The van der Waals surface area contributed by atoms with E-state index in [4.69, 9.17) is 10.5 Å². The fourth-order valence-electron chi connectivity index (χ4n) is 4.62. The molecule has 2 aromatic carbocycles. The number of methoxy groups -OCH3 is 1. The molecule has 3 rings (SSSR count). The van der Waals surface area contributed by atoms with Gasteiger partial charge < -0.3 is 15.6 Å². The van der Waals surface area contributed by atoms with Crippen LogP contribution in [0.4, 0.5) is 5.82 Å². The maximum atomic E-state index is 12.4. The first-order chi connectivity index (χ1) is 18.2. The summed E-state index contributed by atoms with van der Waals surface area (Å²) in [6, 6.07) is 11.8. The van der Waals surface area contributed by atoms with Crippen LogP contribution < -0.4 is 10.5 Å². The number of rotatable bonds is 13. The van der Waals surface area contributed by atoms with E-state index in [1.54, 1.807) is 24.4 Å². The van der Waals surface area contributed by atoms with Crippen molar-refractivity contribution in [1.82, 2.24) is 4.98 Å². The van der Waals surface area contributed by atoms with Gasteiger partial charge in [0, 0.05) is 19.0 Å². The molecule has 1 heterocycles. The number of ketones is 2. The van der Waals surface area contributed by atoms with Gasteiger partial charge in [-0.25, -0.2) is 4.98 Å². The van der Waals surface area contributed by atoms with E-state index in [1.807, 2.05) is 6.07 Å². The number of benzene rings is 2. The third kappa shape index (κ3) is 8.30. The molecular weight excluding hydrogens is 476 g/mol. The molecule has 3 aromatic rings. The predicted molar refractivity (Wildman–Crippen MR) is 153 cm³/mol. The molecule has 1 aromatic heterocycles. The summed E-state index contributed by atoms with van der Waals surface area (Å²) in [5, 5.41) is 10.4. The van der Waals surface area contributed by atoms with Crippen molar-refractivity contribution in [2.24, 2.45) is 0 Å². The lowest BCUT2D eigenvalue weighted by molar-refractivity contribution is -0.124. The minimum Gasteiger partial charge on any atom is -0.504 e. The van der Waals surface area contributed by atoms with Crippen LogP contribution >= 0.6 is 0 Å². The van der Waals surface area contributed by atoms with Crippen LogP contribution in [0.2, 0.25) is 0 Å². The second-order valence-electron chi connectivity index (χ2n) is 9.93. The molecule has 0 aliphatic rings. The predicted octanol–water partition coefficient (Wildman–Crippen LogP) is 6.30. The van der Waals surface area contributed by atoms with E-state index in [1.165, 1.54) is 29.9 Å². The molecule has 6 nitrogen and oxygen atoms in total. The van der Waals surface area contributed by atoms with E-state index in [-0.39, 0.29) is 23.7 Å². The van der Waals surface area contributed by atoms with Crippen molar-refractivity contribution >= 4 is 23.5 Å². The molecule has 0 amide bonds. The van der Waals surface area contributed by atoms with Crippen LogP contribution in [-0.2, 0) is 22.4 Å². The molecule has 0 spiro atoms. The summed E-state index contributed by atoms with van der Waals surface area (Å²) in [6.45, 7) is 6.23. The van der Waals surface area contributed by atoms with Gasteiger partial charge in [-0.2, -0.15) is 0 Å². The number of hydrogen-bond donors (Lipinski definition) is 2. The summed E-state index contributed by atoms with van der Waals surface area (Å²) in [5.74, 6) is 0.522. The van der Waals surface area contributed by atoms with Crippen LogP contribution in [0.3, 0.4) is 0 Å². The van der Waals surface area contributed by atoms with Crippen LogP contribution in [0.5, 0.6) is 11.5 Å². The molecule has 0 atom stereocenters. The maximum Gasteiger partial charge on any atom is 0.163 e. The summed E-state index contributed by atoms with van der Waals surface area (Å²) < 4.78 is 5.29. The second kappa shape index (κ2) is 13.6. The number of aromatic nitrogens is 1. The Balaban J connectivity index is 1.83. The lowest BCUT2D eigenvalue weighted by Crippen LogP contribution is -2.05. The Morgan fingerprint density at radius 3 is 2.37 bits per heavy atom. The number of nitrogens with zero attached hydrogens (tertiary/aromatic N) is 1. The van der Waals surface area contributed by atoms with Crippen LogP contribution in [0.25, 0.3) is 6.08 Å². The van der Waals surface area contributed by atoms with Crippen molar-refractivity contribution in [1.29, 1.82) is 0 Å². The summed E-state index contributed by atoms with van der Waals surface area (Å²) >= 11 is 0. The van der Waals surface area contributed by atoms with Gasteiger partial charge >= 0.3 is 0 Å². The highest BCUT2D eigenvalue weighted by molar-refractivity contribution is 6.06. The number of phenolic OH excluding ortho intramolecular Hbond substituents is 1. The van der Waals surface area contributed by atoms with Gasteiger partial charge in [0.2, 0.25) is 0 Å². The Morgan fingerprint density at radius 2 is 1.68 bits per heavy atom. The molecule has 200 valence electrons. The summed E-state index contributed by atoms with van der Waals surface area (Å²) in [5.41, 5.74) is 13.2. The lowest BCUT2D eigenvalue weighted by atomic mass is 9.96. The summed E-state index contributed by atoms with van der Waals surface area (Å²) in [4.78, 5) is 29.0. The molecule has 0 unspecified atom stereocenters. The van der Waals surface area contributed by atoms with Crippen LogP contribution in [0.1, 0.15) is 78.0 Å². The van der Waals surface area contributed by atoms with Crippen molar-refractivity contribution in [3.05, 3.63) is 87.6 Å². The molecule has 0 saturated carbocycles. The van der Waals surface area contributed by atoms with Crippen LogP contribution in [-0.4, -0.2) is 28.8 Å². The lowest BCUT2D eigenvalue weighted by Gasteiger charge is -2.13. The Hall–Kier alpha value is -3.93. The molecule has 0 fully saturated rings. The zero-order valence-electron chi connectivity index (χ0n) is 22.8. The zero-order valence-corrected chi connectivity index (χ0v) is 22.8. The molecule has 38 heavy (non-hydrogen) atoms. The van der Waals surface area contributed by atoms with Gasteiger partial charge in [-0.05, 0) is 78.8 Å². The SMILES string of the molecule is CCCCCC(=O)CC(=O)C=Cc1cc(OC)c(O)cc1Cc1cnc(N)c(Cc2cc(C)cc(C)c2)c1. The number of carbonyl (C=O) groups excluding carboxylic acids is 2. The average Bonchev–Trinajstić information content (AvgIpc) is 2.85. The summed E-state index contributed by atoms with van der Waals surface area (Å²) in [7, 11) is 1.48. The minimum absolute atomic E-state index is 0.0101. The number of carbonyl (C=O) groups is 2. The molecular formula is C32H38N2O4. The number of pyridine rings is 1. The van der Waals surface area contributed by atoms with Gasteiger partial charge in [-0.15, -0.1) is 0 Å². The van der Waals surface area contributed by atoms with E-state index in [2.05, 4.69) is 44.0 Å². The first-order valence-corrected chi connectivity index (χ1v) is 13.1. The number of nitrogen functional groups attached to an aromatic ring is 1. The molecule has 0 bridgehead atoms. The number of hydrogen-bond acceptors (Lipinski definition) is 6. The number of aromatic hydroxyl groups is 1. The molecule has 0 saturated heterocycles. The number of anilines is 1. The van der Waals surface area contributed by atoms with E-state index in [0.29, 0.717) is 30.8 Å². The minimum atomic E-state index is -0.241. The van der Waals surface area contributed by atoms with Crippen molar-refractivity contribution in [3.63, 3.8) is 0 Å². The van der Waals surface area contributed by atoms with Gasteiger partial charge in [0.1, 0.15) is 11.6 Å². The van der Waals surface area contributed by atoms with Crippen LogP contribution in [0, 0.1) is 13.8 Å². The van der Waals surface area contributed by atoms with Gasteiger partial charge in [0.25, 0.3) is 0 Å². The Kier molecular flexibility index (Phi) is 10.2. The largest absolute Gasteiger partial charge is 0.504 e. The highest BCUT2D eigenvalue weighted by atomic mass is 16.5. The average molecular weight is 515 g/mol. The fraction of sp³-hybridized carbons (Fsp3) is 0.344. The van der Waals surface area contributed by atoms with Crippen molar-refractivity contribution in [2.45, 2.75) is 65.7 Å². The van der Waals surface area contributed by atoms with Crippen molar-refractivity contribution in [2.75, 3.05) is 12.8 Å². The number of Topliss-reactive ketones (excluding diaryl/α,β-unsaturated/α-hetero) is 1. The number of unbranched alkanes of at least 4 members (excludes halogenated alkanes) is 2. The van der Waals surface area contributed by atoms with Gasteiger partial charge in [0.05, 0.1) is 13.5 Å². The number of aryl methyl sites for hydroxylation is 2. The highest BCUT2D eigenvalue weighted by Crippen LogP contribution is 2.32. The fourth-order valence-corrected chi connectivity index (χ4v) is 4.62. The third-order valence-electron chi connectivity index (χ3n) is 6.45. The number of phenols is 1. The topological polar surface area (TPSA) is 103 Å². The van der Waals surface area contributed by atoms with Gasteiger partial charge in [-0.3, -0.25) is 9.59 Å². The first kappa shape index (κ1) is 28.6. The number of ether oxygens (including phenoxy) is 1. The highest BCUT2D eigenvalue weighted by Gasteiger charge is 2.13. The third-order valence-corrected chi connectivity index (χ3v) is 6.45. The van der Waals surface area contributed by atoms with E-state index >= 15 is 0 Å². The second-order valence-corrected chi connectivity index (χ2v) is 9.93. The van der Waals surface area contributed by atoms with E-state index in [0.717, 1.165) is 41.5 Å². The molecule has 3 N–H and O–H groups in total. The first-order valence-electron chi connectivity index (χ1n) is 13.1. The Bertz CT molecular complexity index is 1310. The van der Waals surface area contributed by atoms with Crippen molar-refractivity contribution < 1.29 is 19.4 Å². The molecule has 0 radical (unpaired) electrons. The normalized spacial score (nSPS) is 11.2. The van der Waals surface area contributed by atoms with Gasteiger partial charge in [-0.1, -0.05) is 55.2 Å². The van der Waals surface area contributed by atoms with E-state index < -0.39 is 0 Å². The van der Waals surface area contributed by atoms with Crippen molar-refractivity contribution in [3.8, 4) is 11.5 Å². The summed E-state index contributed by atoms with van der Waals surface area (Å²) in [6.07, 6.45) is 9.13. The van der Waals surface area contributed by atoms with Crippen LogP contribution in [0.15, 0.2) is 48.7 Å². The monoisotopic (exact) mass is 514 g/mol. The molecule has 0 aliphatic heterocycles. The maximum absolute atomic E-state index is 12.4. The van der Waals surface area contributed by atoms with E-state index in [9.17, 15) is 14.7 Å². The quantitative estimate of drug-likeness (QED) is 0.158. The van der Waals surface area contributed by atoms with Gasteiger partial charge in [0.15, 0.2) is 17.3 Å². The smallest absolute Gasteiger partial charge is 0.163 e. The Morgan fingerprint density at radius 1 is 0.974 bits per heavy atom. The molecule has 0 aliphatic carbocycles.